The van der Waals surface area contributed by atoms with Crippen molar-refractivity contribution in [3.63, 3.8) is 0 Å². The molecule has 0 aromatic rings. The highest BCUT2D eigenvalue weighted by Crippen LogP contribution is 2.07. The molecule has 10 heteroatoms. The number of hydrogen-bond donors (Lipinski definition) is 5. The first kappa shape index (κ1) is 27.5. The molecular formula is C20H36N4O6. The molecule has 0 saturated carbocycles. The molecule has 0 aliphatic heterocycles. The number of likely N-dealkylation sites (N-methyl/N-ethyl adjacent to an activating group) is 1. The zero-order chi connectivity index (χ0) is 23.1. The van der Waals surface area contributed by atoms with Crippen LogP contribution in [0, 0.1) is 5.92 Å². The number of amides is 3. The number of carbonyl (C=O) groups excluding carboxylic acids is 4. The summed E-state index contributed by atoms with van der Waals surface area (Å²) in [5.41, 5.74) is 0. The van der Waals surface area contributed by atoms with Crippen LogP contribution >= 0.6 is 0 Å². The van der Waals surface area contributed by atoms with E-state index in [9.17, 15) is 24.0 Å². The fraction of sp³-hybridized carbons (Fsp3) is 0.750. The van der Waals surface area contributed by atoms with E-state index in [4.69, 9.17) is 5.11 Å². The molecule has 0 radical (unpaired) electrons. The summed E-state index contributed by atoms with van der Waals surface area (Å²) in [4.78, 5) is 57.9. The Bertz CT molecular complexity index is 596. The Kier molecular flexibility index (Phi) is 14.1. The Balaban J connectivity index is 4.26. The summed E-state index contributed by atoms with van der Waals surface area (Å²) in [5, 5.41) is 19.3. The number of carboxylic acid groups (broad SMARTS) is 1. The number of carbonyl (C=O) groups is 5. The molecule has 10 nitrogen and oxygen atoms in total. The molecule has 0 aromatic heterocycles. The zero-order valence-electron chi connectivity index (χ0n) is 18.4. The van der Waals surface area contributed by atoms with Crippen LogP contribution in [0.3, 0.4) is 0 Å². The van der Waals surface area contributed by atoms with Gasteiger partial charge in [-0.15, -0.1) is 0 Å². The molecule has 0 spiro atoms. The molecule has 0 aliphatic rings. The molecular weight excluding hydrogens is 392 g/mol. The van der Waals surface area contributed by atoms with Gasteiger partial charge in [-0.3, -0.25) is 24.0 Å². The molecule has 3 atom stereocenters. The third-order valence-electron chi connectivity index (χ3n) is 4.86. The van der Waals surface area contributed by atoms with Crippen LogP contribution in [-0.2, 0) is 24.0 Å². The number of carboxylic acids is 1. The van der Waals surface area contributed by atoms with Crippen molar-refractivity contribution in [3.05, 3.63) is 0 Å². The molecule has 0 saturated heterocycles. The summed E-state index contributed by atoms with van der Waals surface area (Å²) in [6.45, 7) is 5.47. The number of unbranched alkanes of at least 4 members (excludes halogenated alkanes) is 1. The van der Waals surface area contributed by atoms with Crippen molar-refractivity contribution < 1.29 is 29.1 Å². The lowest BCUT2D eigenvalue weighted by Crippen LogP contribution is -2.50. The summed E-state index contributed by atoms with van der Waals surface area (Å²) in [6, 6.07) is -1.05. The number of hydrogen-bond acceptors (Lipinski definition) is 6. The molecule has 1 unspecified atom stereocenters. The number of Topliss-reactive ketones (excluding diaryl/α,β-unsaturated/α-hetero) is 1. The van der Waals surface area contributed by atoms with Crippen LogP contribution in [0.2, 0.25) is 0 Å². The van der Waals surface area contributed by atoms with Crippen LogP contribution in [-0.4, -0.2) is 66.8 Å². The Morgan fingerprint density at radius 2 is 1.63 bits per heavy atom. The predicted molar refractivity (Wildman–Crippen MR) is 112 cm³/mol. The molecule has 5 N–H and O–H groups in total. The highest BCUT2D eigenvalue weighted by atomic mass is 16.4. The van der Waals surface area contributed by atoms with Crippen LogP contribution in [0.25, 0.3) is 0 Å². The van der Waals surface area contributed by atoms with Crippen molar-refractivity contribution in [3.8, 4) is 0 Å². The first-order chi connectivity index (χ1) is 14.1. The second-order valence-electron chi connectivity index (χ2n) is 7.34. The molecule has 0 fully saturated rings. The largest absolute Gasteiger partial charge is 0.481 e. The standard InChI is InChI=1S/C20H36N4O6/c1-5-13(2)19(21-4)20(30)23-12-17(27)24-15(14(3)25)8-6-7-11-22-16(26)9-10-18(28)29/h13,15,19,21H,5-12H2,1-4H3,(H,22,26)(H,23,30)(H,24,27)(H,28,29)/t13?,15-,19-/m0/s1. The van der Waals surface area contributed by atoms with Gasteiger partial charge in [-0.05, 0) is 39.2 Å². The van der Waals surface area contributed by atoms with E-state index in [-0.39, 0.29) is 42.9 Å². The first-order valence-corrected chi connectivity index (χ1v) is 10.4. The fourth-order valence-corrected chi connectivity index (χ4v) is 2.82. The monoisotopic (exact) mass is 428 g/mol. The van der Waals surface area contributed by atoms with Crippen LogP contribution in [0.15, 0.2) is 0 Å². The zero-order valence-corrected chi connectivity index (χ0v) is 18.4. The lowest BCUT2D eigenvalue weighted by Gasteiger charge is -2.22. The van der Waals surface area contributed by atoms with E-state index in [1.54, 1.807) is 7.05 Å². The maximum atomic E-state index is 12.2. The van der Waals surface area contributed by atoms with Gasteiger partial charge >= 0.3 is 5.97 Å². The Morgan fingerprint density at radius 3 is 2.17 bits per heavy atom. The average molecular weight is 429 g/mol. The van der Waals surface area contributed by atoms with Crippen molar-refractivity contribution in [2.75, 3.05) is 20.1 Å². The first-order valence-electron chi connectivity index (χ1n) is 10.4. The Labute approximate surface area is 177 Å². The summed E-state index contributed by atoms with van der Waals surface area (Å²) < 4.78 is 0. The van der Waals surface area contributed by atoms with E-state index >= 15 is 0 Å². The normalized spacial score (nSPS) is 13.6. The quantitative estimate of drug-likeness (QED) is 0.216. The lowest BCUT2D eigenvalue weighted by molar-refractivity contribution is -0.138. The highest BCUT2D eigenvalue weighted by molar-refractivity contribution is 5.91. The fourth-order valence-electron chi connectivity index (χ4n) is 2.82. The number of aliphatic carboxylic acids is 1. The molecule has 0 aromatic carbocycles. The van der Waals surface area contributed by atoms with Crippen LogP contribution < -0.4 is 21.3 Å². The summed E-state index contributed by atoms with van der Waals surface area (Å²) in [6.07, 6.45) is 2.12. The smallest absolute Gasteiger partial charge is 0.303 e. The minimum Gasteiger partial charge on any atom is -0.481 e. The summed E-state index contributed by atoms with van der Waals surface area (Å²) >= 11 is 0. The van der Waals surface area contributed by atoms with E-state index in [1.165, 1.54) is 6.92 Å². The van der Waals surface area contributed by atoms with E-state index < -0.39 is 24.0 Å². The summed E-state index contributed by atoms with van der Waals surface area (Å²) in [5.74, 6) is -2.13. The second kappa shape index (κ2) is 15.4. The van der Waals surface area contributed by atoms with E-state index in [1.807, 2.05) is 13.8 Å². The predicted octanol–water partition coefficient (Wildman–Crippen LogP) is -0.0382. The maximum absolute atomic E-state index is 12.2. The van der Waals surface area contributed by atoms with Crippen LogP contribution in [0.5, 0.6) is 0 Å². The Morgan fingerprint density at radius 1 is 0.967 bits per heavy atom. The maximum Gasteiger partial charge on any atom is 0.303 e. The number of nitrogens with one attached hydrogen (secondary N) is 4. The van der Waals surface area contributed by atoms with Gasteiger partial charge in [-0.25, -0.2) is 0 Å². The van der Waals surface area contributed by atoms with Crippen molar-refractivity contribution in [2.45, 2.75) is 71.4 Å². The number of ketones is 1. The lowest BCUT2D eigenvalue weighted by atomic mass is 9.98. The van der Waals surface area contributed by atoms with Gasteiger partial charge in [0.15, 0.2) is 5.78 Å². The average Bonchev–Trinajstić information content (AvgIpc) is 2.69. The van der Waals surface area contributed by atoms with Crippen LogP contribution in [0.1, 0.15) is 59.3 Å². The van der Waals surface area contributed by atoms with Gasteiger partial charge in [0.05, 0.1) is 25.0 Å². The Hall–Kier alpha value is -2.49. The van der Waals surface area contributed by atoms with Gasteiger partial charge in [-0.2, -0.15) is 0 Å². The minimum atomic E-state index is -1.03. The summed E-state index contributed by atoms with van der Waals surface area (Å²) in [7, 11) is 1.69. The third kappa shape index (κ3) is 12.2. The molecule has 3 amide bonds. The third-order valence-corrected chi connectivity index (χ3v) is 4.86. The van der Waals surface area contributed by atoms with Gasteiger partial charge < -0.3 is 26.4 Å². The van der Waals surface area contributed by atoms with E-state index in [0.29, 0.717) is 25.8 Å². The van der Waals surface area contributed by atoms with E-state index in [0.717, 1.165) is 6.42 Å². The van der Waals surface area contributed by atoms with E-state index in [2.05, 4.69) is 21.3 Å². The highest BCUT2D eigenvalue weighted by Gasteiger charge is 2.23. The second-order valence-corrected chi connectivity index (χ2v) is 7.34. The van der Waals surface area contributed by atoms with Crippen molar-refractivity contribution in [2.24, 2.45) is 5.92 Å². The molecule has 30 heavy (non-hydrogen) atoms. The van der Waals surface area contributed by atoms with Gasteiger partial charge in [-0.1, -0.05) is 20.3 Å². The van der Waals surface area contributed by atoms with Crippen molar-refractivity contribution in [1.29, 1.82) is 0 Å². The van der Waals surface area contributed by atoms with Gasteiger partial charge in [0.2, 0.25) is 17.7 Å². The molecule has 0 aliphatic carbocycles. The van der Waals surface area contributed by atoms with Crippen LogP contribution in [0.4, 0.5) is 0 Å². The molecule has 0 rings (SSSR count). The number of rotatable bonds is 16. The molecule has 0 heterocycles. The SMILES string of the molecule is CCC(C)[C@H](NC)C(=O)NCC(=O)N[C@@H](CCCCNC(=O)CCC(=O)O)C(C)=O. The molecule has 0 bridgehead atoms. The van der Waals surface area contributed by atoms with Gasteiger partial charge in [0.1, 0.15) is 0 Å². The van der Waals surface area contributed by atoms with Crippen molar-refractivity contribution >= 4 is 29.5 Å². The topological polar surface area (TPSA) is 154 Å². The van der Waals surface area contributed by atoms with Gasteiger partial charge in [0.25, 0.3) is 0 Å². The molecule has 172 valence electrons. The minimum absolute atomic E-state index is 0.0708. The van der Waals surface area contributed by atoms with Crippen molar-refractivity contribution in [1.82, 2.24) is 21.3 Å². The van der Waals surface area contributed by atoms with Gasteiger partial charge in [0, 0.05) is 13.0 Å².